The molecule has 2 rings (SSSR count). The average molecular weight is 250 g/mol. The van der Waals surface area contributed by atoms with Gasteiger partial charge in [0.1, 0.15) is 6.04 Å². The zero-order valence-corrected chi connectivity index (χ0v) is 10.8. The number of benzene rings is 1. The van der Waals surface area contributed by atoms with Crippen molar-refractivity contribution >= 4 is 17.7 Å². The Hall–Kier alpha value is -1.00. The highest BCUT2D eigenvalue weighted by Crippen LogP contribution is 2.23. The van der Waals surface area contributed by atoms with Gasteiger partial charge in [-0.1, -0.05) is 30.3 Å². The van der Waals surface area contributed by atoms with Crippen molar-refractivity contribution in [3.8, 4) is 0 Å². The molecule has 0 saturated carbocycles. The summed E-state index contributed by atoms with van der Waals surface area (Å²) >= 11 is 1.90. The summed E-state index contributed by atoms with van der Waals surface area (Å²) in [6.45, 7) is 0. The van der Waals surface area contributed by atoms with Gasteiger partial charge in [-0.15, -0.1) is 0 Å². The minimum absolute atomic E-state index is 0.0173. The van der Waals surface area contributed by atoms with E-state index in [1.807, 2.05) is 54.0 Å². The van der Waals surface area contributed by atoms with Gasteiger partial charge in [-0.2, -0.15) is 11.8 Å². The van der Waals surface area contributed by atoms with E-state index >= 15 is 0 Å². The number of carbonyl (C=O) groups is 1. The molecular formula is C13H18N2OS. The Kier molecular flexibility index (Phi) is 4.07. The molecule has 92 valence electrons. The molecule has 0 aliphatic carbocycles. The second kappa shape index (κ2) is 5.56. The monoisotopic (exact) mass is 250 g/mol. The van der Waals surface area contributed by atoms with E-state index in [1.165, 1.54) is 0 Å². The molecule has 1 aromatic carbocycles. The minimum atomic E-state index is -0.535. The summed E-state index contributed by atoms with van der Waals surface area (Å²) in [6.07, 6.45) is 1.08. The fourth-order valence-corrected chi connectivity index (χ4v) is 3.30. The van der Waals surface area contributed by atoms with Crippen molar-refractivity contribution in [2.24, 2.45) is 5.73 Å². The fourth-order valence-electron chi connectivity index (χ4n) is 2.03. The molecular weight excluding hydrogens is 232 g/mol. The number of likely N-dealkylation sites (N-methyl/N-ethyl adjacent to an activating group) is 1. The van der Waals surface area contributed by atoms with Crippen LogP contribution in [-0.2, 0) is 4.79 Å². The lowest BCUT2D eigenvalue weighted by molar-refractivity contribution is -0.133. The molecule has 4 heteroatoms. The Balaban J connectivity index is 2.04. The molecule has 0 spiro atoms. The summed E-state index contributed by atoms with van der Waals surface area (Å²) in [6, 6.07) is 9.37. The van der Waals surface area contributed by atoms with Crippen molar-refractivity contribution in [3.05, 3.63) is 35.9 Å². The number of hydrogen-bond donors (Lipinski definition) is 1. The summed E-state index contributed by atoms with van der Waals surface area (Å²) in [4.78, 5) is 14.0. The predicted octanol–water partition coefficient (Wildman–Crippen LogP) is 1.65. The van der Waals surface area contributed by atoms with E-state index in [2.05, 4.69) is 0 Å². The van der Waals surface area contributed by atoms with Crippen LogP contribution in [0, 0.1) is 0 Å². The predicted molar refractivity (Wildman–Crippen MR) is 71.9 cm³/mol. The van der Waals surface area contributed by atoms with Gasteiger partial charge in [0.05, 0.1) is 0 Å². The minimum Gasteiger partial charge on any atom is -0.340 e. The molecule has 0 unspecified atom stereocenters. The number of thioether (sulfide) groups is 1. The molecule has 1 amide bonds. The second-order valence-corrected chi connectivity index (χ2v) is 5.50. The number of nitrogens with zero attached hydrogens (tertiary/aromatic N) is 1. The Morgan fingerprint density at radius 1 is 1.47 bits per heavy atom. The Morgan fingerprint density at radius 3 is 2.76 bits per heavy atom. The first-order valence-electron chi connectivity index (χ1n) is 5.85. The normalized spacial score (nSPS) is 21.2. The molecule has 1 aromatic rings. The summed E-state index contributed by atoms with van der Waals surface area (Å²) < 4.78 is 0. The summed E-state index contributed by atoms with van der Waals surface area (Å²) in [5.41, 5.74) is 6.89. The zero-order chi connectivity index (χ0) is 12.3. The largest absolute Gasteiger partial charge is 0.340 e. The molecule has 0 aromatic heterocycles. The van der Waals surface area contributed by atoms with Crippen molar-refractivity contribution in [1.82, 2.24) is 4.90 Å². The average Bonchev–Trinajstić information content (AvgIpc) is 2.91. The number of amides is 1. The molecule has 2 atom stereocenters. The molecule has 3 nitrogen and oxygen atoms in total. The van der Waals surface area contributed by atoms with Crippen LogP contribution in [0.3, 0.4) is 0 Å². The lowest BCUT2D eigenvalue weighted by Crippen LogP contribution is -2.42. The topological polar surface area (TPSA) is 46.3 Å². The van der Waals surface area contributed by atoms with Crippen LogP contribution in [0.25, 0.3) is 0 Å². The SMILES string of the molecule is CN(C(=O)[C@@H](N)c1ccccc1)[C@H]1CCSC1. The number of nitrogens with two attached hydrogens (primary N) is 1. The summed E-state index contributed by atoms with van der Waals surface area (Å²) in [7, 11) is 1.86. The van der Waals surface area contributed by atoms with E-state index in [4.69, 9.17) is 5.73 Å². The first-order valence-corrected chi connectivity index (χ1v) is 7.00. The quantitative estimate of drug-likeness (QED) is 0.887. The van der Waals surface area contributed by atoms with Crippen LogP contribution in [-0.4, -0.2) is 35.4 Å². The highest BCUT2D eigenvalue weighted by molar-refractivity contribution is 7.99. The van der Waals surface area contributed by atoms with Crippen LogP contribution < -0.4 is 5.73 Å². The van der Waals surface area contributed by atoms with Crippen molar-refractivity contribution < 1.29 is 4.79 Å². The maximum atomic E-state index is 12.2. The van der Waals surface area contributed by atoms with Gasteiger partial charge in [0, 0.05) is 18.8 Å². The van der Waals surface area contributed by atoms with Crippen molar-refractivity contribution in [2.75, 3.05) is 18.6 Å². The molecule has 17 heavy (non-hydrogen) atoms. The lowest BCUT2D eigenvalue weighted by Gasteiger charge is -2.26. The van der Waals surface area contributed by atoms with Gasteiger partial charge in [-0.3, -0.25) is 4.79 Å². The van der Waals surface area contributed by atoms with Crippen molar-refractivity contribution in [3.63, 3.8) is 0 Å². The van der Waals surface area contributed by atoms with E-state index in [0.717, 1.165) is 23.5 Å². The van der Waals surface area contributed by atoms with Crippen LogP contribution in [0.5, 0.6) is 0 Å². The van der Waals surface area contributed by atoms with Gasteiger partial charge in [-0.05, 0) is 17.7 Å². The third-order valence-electron chi connectivity index (χ3n) is 3.23. The van der Waals surface area contributed by atoms with E-state index in [9.17, 15) is 4.79 Å². The molecule has 1 fully saturated rings. The van der Waals surface area contributed by atoms with Crippen LogP contribution >= 0.6 is 11.8 Å². The highest BCUT2D eigenvalue weighted by atomic mass is 32.2. The highest BCUT2D eigenvalue weighted by Gasteiger charge is 2.27. The summed E-state index contributed by atoms with van der Waals surface area (Å²) in [5, 5.41) is 0. The van der Waals surface area contributed by atoms with E-state index < -0.39 is 6.04 Å². The number of hydrogen-bond acceptors (Lipinski definition) is 3. The van der Waals surface area contributed by atoms with Gasteiger partial charge in [0.2, 0.25) is 5.91 Å². The number of carbonyl (C=O) groups excluding carboxylic acids is 1. The van der Waals surface area contributed by atoms with Gasteiger partial charge >= 0.3 is 0 Å². The zero-order valence-electron chi connectivity index (χ0n) is 10.0. The number of rotatable bonds is 3. The van der Waals surface area contributed by atoms with Gasteiger partial charge in [0.25, 0.3) is 0 Å². The molecule has 1 aliphatic rings. The van der Waals surface area contributed by atoms with E-state index in [1.54, 1.807) is 0 Å². The Morgan fingerprint density at radius 2 is 2.18 bits per heavy atom. The van der Waals surface area contributed by atoms with Crippen molar-refractivity contribution in [1.29, 1.82) is 0 Å². The second-order valence-electron chi connectivity index (χ2n) is 4.35. The van der Waals surface area contributed by atoms with Crippen molar-refractivity contribution in [2.45, 2.75) is 18.5 Å². The smallest absolute Gasteiger partial charge is 0.244 e. The third-order valence-corrected chi connectivity index (χ3v) is 4.37. The summed E-state index contributed by atoms with van der Waals surface area (Å²) in [5.74, 6) is 2.19. The molecule has 1 aliphatic heterocycles. The molecule has 0 radical (unpaired) electrons. The third kappa shape index (κ3) is 2.82. The maximum absolute atomic E-state index is 12.2. The van der Waals surface area contributed by atoms with Gasteiger partial charge in [-0.25, -0.2) is 0 Å². The first kappa shape index (κ1) is 12.5. The van der Waals surface area contributed by atoms with Crippen LogP contribution in [0.4, 0.5) is 0 Å². The van der Waals surface area contributed by atoms with Gasteiger partial charge < -0.3 is 10.6 Å². The Bertz CT molecular complexity index is 376. The first-order chi connectivity index (χ1) is 8.20. The van der Waals surface area contributed by atoms with Crippen LogP contribution in [0.2, 0.25) is 0 Å². The lowest BCUT2D eigenvalue weighted by atomic mass is 10.1. The fraction of sp³-hybridized carbons (Fsp3) is 0.462. The molecule has 1 heterocycles. The Labute approximate surface area is 106 Å². The van der Waals surface area contributed by atoms with Crippen LogP contribution in [0.1, 0.15) is 18.0 Å². The maximum Gasteiger partial charge on any atom is 0.244 e. The molecule has 2 N–H and O–H groups in total. The van der Waals surface area contributed by atoms with E-state index in [0.29, 0.717) is 6.04 Å². The van der Waals surface area contributed by atoms with Gasteiger partial charge in [0.15, 0.2) is 0 Å². The molecule has 1 saturated heterocycles. The van der Waals surface area contributed by atoms with Crippen LogP contribution in [0.15, 0.2) is 30.3 Å². The van der Waals surface area contributed by atoms with E-state index in [-0.39, 0.29) is 5.91 Å². The standard InChI is InChI=1S/C13H18N2OS/c1-15(11-7-8-17-9-11)13(16)12(14)10-5-3-2-4-6-10/h2-6,11-12H,7-9,14H2,1H3/t11-,12-/m0/s1. The molecule has 0 bridgehead atoms.